The summed E-state index contributed by atoms with van der Waals surface area (Å²) in [6.45, 7) is 2.06. The second-order valence-corrected chi connectivity index (χ2v) is 5.38. The fourth-order valence-corrected chi connectivity index (χ4v) is 2.96. The molecule has 1 atom stereocenters. The van der Waals surface area contributed by atoms with Gasteiger partial charge < -0.3 is 9.47 Å². The van der Waals surface area contributed by atoms with Crippen LogP contribution in [0.2, 0.25) is 0 Å². The summed E-state index contributed by atoms with van der Waals surface area (Å²) >= 11 is 0. The van der Waals surface area contributed by atoms with Gasteiger partial charge in [0.05, 0.1) is 14.2 Å². The molecule has 1 aliphatic carbocycles. The molecule has 3 nitrogen and oxygen atoms in total. The van der Waals surface area contributed by atoms with Gasteiger partial charge in [0, 0.05) is 29.5 Å². The highest BCUT2D eigenvalue weighted by molar-refractivity contribution is 6.03. The van der Waals surface area contributed by atoms with E-state index in [0.717, 1.165) is 22.4 Å². The van der Waals surface area contributed by atoms with Gasteiger partial charge in [0.2, 0.25) is 0 Å². The van der Waals surface area contributed by atoms with E-state index in [1.165, 1.54) is 5.56 Å². The third-order valence-electron chi connectivity index (χ3n) is 4.09. The van der Waals surface area contributed by atoms with Crippen molar-refractivity contribution in [3.63, 3.8) is 0 Å². The Kier molecular flexibility index (Phi) is 3.42. The van der Waals surface area contributed by atoms with Crippen LogP contribution in [0.3, 0.4) is 0 Å². The molecule has 21 heavy (non-hydrogen) atoms. The maximum absolute atomic E-state index is 12.3. The maximum Gasteiger partial charge on any atom is 0.164 e. The molecule has 1 aliphatic rings. The number of ether oxygens (including phenoxy) is 2. The lowest BCUT2D eigenvalue weighted by atomic mass is 9.91. The summed E-state index contributed by atoms with van der Waals surface area (Å²) in [6.07, 6.45) is 0.488. The largest absolute Gasteiger partial charge is 0.497 e. The number of carbonyl (C=O) groups excluding carboxylic acids is 1. The van der Waals surface area contributed by atoms with Gasteiger partial charge in [0.25, 0.3) is 0 Å². The molecule has 0 fully saturated rings. The number of hydrogen-bond donors (Lipinski definition) is 0. The van der Waals surface area contributed by atoms with Crippen molar-refractivity contribution in [3.05, 3.63) is 58.7 Å². The van der Waals surface area contributed by atoms with Gasteiger partial charge in [-0.05, 0) is 18.6 Å². The van der Waals surface area contributed by atoms with Gasteiger partial charge in [0.1, 0.15) is 11.5 Å². The van der Waals surface area contributed by atoms with Crippen molar-refractivity contribution in [2.75, 3.05) is 14.2 Å². The summed E-state index contributed by atoms with van der Waals surface area (Å²) in [7, 11) is 3.22. The Morgan fingerprint density at radius 3 is 2.38 bits per heavy atom. The zero-order valence-corrected chi connectivity index (χ0v) is 12.5. The second kappa shape index (κ2) is 5.24. The Balaban J connectivity index is 2.14. The highest BCUT2D eigenvalue weighted by Crippen LogP contribution is 2.45. The SMILES string of the molecule is COc1cc(OC)c2c(c1)C(=O)C[C@H]2c1ccc(C)cc1. The standard InChI is InChI=1S/C18H18O3/c1-11-4-6-12(7-5-11)14-10-16(19)15-8-13(20-2)9-17(21-3)18(14)15/h4-9,14H,10H2,1-3H3/t14-/m0/s1. The molecule has 3 heteroatoms. The molecule has 0 heterocycles. The number of carbonyl (C=O) groups is 1. The summed E-state index contributed by atoms with van der Waals surface area (Å²) in [4.78, 5) is 12.3. The number of ketones is 1. The molecular formula is C18H18O3. The minimum absolute atomic E-state index is 0.0638. The van der Waals surface area contributed by atoms with Crippen molar-refractivity contribution in [1.82, 2.24) is 0 Å². The molecule has 0 aliphatic heterocycles. The number of aryl methyl sites for hydroxylation is 1. The number of Topliss-reactive ketones (excluding diaryl/α,β-unsaturated/α-hetero) is 1. The third kappa shape index (κ3) is 2.29. The lowest BCUT2D eigenvalue weighted by molar-refractivity contribution is 0.0991. The monoisotopic (exact) mass is 282 g/mol. The number of hydrogen-bond acceptors (Lipinski definition) is 3. The molecule has 0 N–H and O–H groups in total. The molecule has 0 bridgehead atoms. The number of rotatable bonds is 3. The molecule has 3 rings (SSSR count). The number of methoxy groups -OCH3 is 2. The predicted octanol–water partition coefficient (Wildman–Crippen LogP) is 3.73. The quantitative estimate of drug-likeness (QED) is 0.860. The van der Waals surface area contributed by atoms with Crippen LogP contribution in [-0.4, -0.2) is 20.0 Å². The molecule has 0 amide bonds. The summed E-state index contributed by atoms with van der Waals surface area (Å²) < 4.78 is 10.7. The van der Waals surface area contributed by atoms with E-state index in [1.54, 1.807) is 14.2 Å². The third-order valence-corrected chi connectivity index (χ3v) is 4.09. The van der Waals surface area contributed by atoms with Gasteiger partial charge in [-0.3, -0.25) is 4.79 Å². The predicted molar refractivity (Wildman–Crippen MR) is 81.5 cm³/mol. The summed E-state index contributed by atoms with van der Waals surface area (Å²) in [5.41, 5.74) is 4.06. The molecule has 2 aromatic carbocycles. The molecule has 0 spiro atoms. The smallest absolute Gasteiger partial charge is 0.164 e. The van der Waals surface area contributed by atoms with Crippen molar-refractivity contribution in [2.24, 2.45) is 0 Å². The van der Waals surface area contributed by atoms with E-state index < -0.39 is 0 Å². The summed E-state index contributed by atoms with van der Waals surface area (Å²) in [5, 5.41) is 0. The van der Waals surface area contributed by atoms with Crippen LogP contribution in [0, 0.1) is 6.92 Å². The first-order valence-electron chi connectivity index (χ1n) is 6.99. The van der Waals surface area contributed by atoms with Crippen LogP contribution in [0.4, 0.5) is 0 Å². The van der Waals surface area contributed by atoms with Gasteiger partial charge in [-0.25, -0.2) is 0 Å². The van der Waals surface area contributed by atoms with E-state index in [4.69, 9.17) is 9.47 Å². The van der Waals surface area contributed by atoms with Crippen molar-refractivity contribution in [2.45, 2.75) is 19.3 Å². The molecule has 2 aromatic rings. The van der Waals surface area contributed by atoms with E-state index >= 15 is 0 Å². The number of fused-ring (bicyclic) bond motifs is 1. The van der Waals surface area contributed by atoms with Crippen molar-refractivity contribution >= 4 is 5.78 Å². The molecular weight excluding hydrogens is 264 g/mol. The minimum atomic E-state index is 0.0638. The summed E-state index contributed by atoms with van der Waals surface area (Å²) in [5.74, 6) is 1.59. The van der Waals surface area contributed by atoms with Gasteiger partial charge in [-0.15, -0.1) is 0 Å². The fourth-order valence-electron chi connectivity index (χ4n) is 2.96. The average molecular weight is 282 g/mol. The van der Waals surface area contributed by atoms with Crippen LogP contribution in [0.1, 0.15) is 39.4 Å². The lowest BCUT2D eigenvalue weighted by Crippen LogP contribution is -2.00. The molecule has 0 saturated carbocycles. The topological polar surface area (TPSA) is 35.5 Å². The van der Waals surface area contributed by atoms with Gasteiger partial charge in [-0.1, -0.05) is 29.8 Å². The van der Waals surface area contributed by atoms with Crippen LogP contribution in [0.15, 0.2) is 36.4 Å². The average Bonchev–Trinajstić information content (AvgIpc) is 2.84. The van der Waals surface area contributed by atoms with Crippen LogP contribution in [0.5, 0.6) is 11.5 Å². The molecule has 0 unspecified atom stereocenters. The van der Waals surface area contributed by atoms with Gasteiger partial charge in [0.15, 0.2) is 5.78 Å². The highest BCUT2D eigenvalue weighted by atomic mass is 16.5. The maximum atomic E-state index is 12.3. The molecule has 0 radical (unpaired) electrons. The van der Waals surface area contributed by atoms with Gasteiger partial charge in [-0.2, -0.15) is 0 Å². The van der Waals surface area contributed by atoms with Crippen molar-refractivity contribution < 1.29 is 14.3 Å². The van der Waals surface area contributed by atoms with Crippen LogP contribution in [-0.2, 0) is 0 Å². The van der Waals surface area contributed by atoms with Crippen LogP contribution in [0.25, 0.3) is 0 Å². The molecule has 108 valence electrons. The Hall–Kier alpha value is -2.29. The van der Waals surface area contributed by atoms with E-state index in [2.05, 4.69) is 31.2 Å². The normalized spacial score (nSPS) is 16.7. The first-order valence-corrected chi connectivity index (χ1v) is 6.99. The Labute approximate surface area is 124 Å². The van der Waals surface area contributed by atoms with Crippen molar-refractivity contribution in [3.8, 4) is 11.5 Å². The zero-order valence-electron chi connectivity index (χ0n) is 12.5. The molecule has 0 saturated heterocycles. The Morgan fingerprint density at radius 2 is 1.76 bits per heavy atom. The van der Waals surface area contributed by atoms with E-state index in [9.17, 15) is 4.79 Å². The second-order valence-electron chi connectivity index (χ2n) is 5.38. The summed E-state index contributed by atoms with van der Waals surface area (Å²) in [6, 6.07) is 12.0. The first kappa shape index (κ1) is 13.7. The van der Waals surface area contributed by atoms with Crippen molar-refractivity contribution in [1.29, 1.82) is 0 Å². The van der Waals surface area contributed by atoms with E-state index in [-0.39, 0.29) is 11.7 Å². The first-order chi connectivity index (χ1) is 10.1. The van der Waals surface area contributed by atoms with Gasteiger partial charge >= 0.3 is 0 Å². The van der Waals surface area contributed by atoms with Crippen LogP contribution < -0.4 is 9.47 Å². The molecule has 0 aromatic heterocycles. The fraction of sp³-hybridized carbons (Fsp3) is 0.278. The zero-order chi connectivity index (χ0) is 15.0. The Bertz CT molecular complexity index is 686. The number of benzene rings is 2. The Morgan fingerprint density at radius 1 is 1.05 bits per heavy atom. The van der Waals surface area contributed by atoms with E-state index in [1.807, 2.05) is 12.1 Å². The minimum Gasteiger partial charge on any atom is -0.497 e. The highest BCUT2D eigenvalue weighted by Gasteiger charge is 2.34. The lowest BCUT2D eigenvalue weighted by Gasteiger charge is -2.16. The van der Waals surface area contributed by atoms with Crippen LogP contribution >= 0.6 is 0 Å². The van der Waals surface area contributed by atoms with E-state index in [0.29, 0.717) is 12.2 Å².